The van der Waals surface area contributed by atoms with E-state index in [1.54, 1.807) is 11.8 Å². The molecule has 0 bridgehead atoms. The number of halogens is 1. The highest BCUT2D eigenvalue weighted by atomic mass is 35.5. The average molecular weight is 450 g/mol. The van der Waals surface area contributed by atoms with Crippen LogP contribution in [0.1, 0.15) is 67.0 Å². The summed E-state index contributed by atoms with van der Waals surface area (Å²) in [6.07, 6.45) is 4.98. The monoisotopic (exact) mass is 449 g/mol. The Morgan fingerprint density at radius 2 is 1.87 bits per heavy atom. The van der Waals surface area contributed by atoms with Gasteiger partial charge in [-0.2, -0.15) is 0 Å². The van der Waals surface area contributed by atoms with Gasteiger partial charge in [-0.3, -0.25) is 0 Å². The van der Waals surface area contributed by atoms with E-state index in [0.29, 0.717) is 17.0 Å². The molecule has 0 aliphatic heterocycles. The van der Waals surface area contributed by atoms with Gasteiger partial charge in [-0.15, -0.1) is 10.2 Å². The fraction of sp³-hybridized carbons (Fsp3) is 0.375. The number of hydrogen-bond donors (Lipinski definition) is 0. The number of aromatic nitrogens is 5. The van der Waals surface area contributed by atoms with E-state index in [-0.39, 0.29) is 5.25 Å². The number of fused-ring (bicyclic) bond motifs is 1. The number of hydrogen-bond acceptors (Lipinski definition) is 4. The fourth-order valence-corrected chi connectivity index (χ4v) is 5.45. The summed E-state index contributed by atoms with van der Waals surface area (Å²) in [5.74, 6) is 2.86. The molecule has 6 rings (SSSR count). The third-order valence-electron chi connectivity index (χ3n) is 6.11. The molecule has 0 radical (unpaired) electrons. The Morgan fingerprint density at radius 1 is 1.06 bits per heavy atom. The van der Waals surface area contributed by atoms with E-state index < -0.39 is 0 Å². The molecule has 2 heterocycles. The zero-order chi connectivity index (χ0) is 20.9. The Kier molecular flexibility index (Phi) is 4.80. The summed E-state index contributed by atoms with van der Waals surface area (Å²) >= 11 is 8.05. The summed E-state index contributed by atoms with van der Waals surface area (Å²) in [5.41, 5.74) is 3.30. The van der Waals surface area contributed by atoms with Gasteiger partial charge in [0.1, 0.15) is 11.6 Å². The zero-order valence-electron chi connectivity index (χ0n) is 17.4. The normalized spacial score (nSPS) is 17.4. The molecule has 31 heavy (non-hydrogen) atoms. The maximum absolute atomic E-state index is 6.27. The van der Waals surface area contributed by atoms with Crippen LogP contribution in [0.4, 0.5) is 0 Å². The maximum Gasteiger partial charge on any atom is 0.192 e. The molecule has 2 aliphatic carbocycles. The van der Waals surface area contributed by atoms with Crippen LogP contribution in [0.2, 0.25) is 5.02 Å². The van der Waals surface area contributed by atoms with E-state index in [0.717, 1.165) is 28.6 Å². The summed E-state index contributed by atoms with van der Waals surface area (Å²) in [4.78, 5) is 5.01. The highest BCUT2D eigenvalue weighted by Gasteiger charge is 2.37. The summed E-state index contributed by atoms with van der Waals surface area (Å²) < 4.78 is 4.73. The first-order chi connectivity index (χ1) is 15.2. The minimum Gasteiger partial charge on any atom is -0.323 e. The van der Waals surface area contributed by atoms with Crippen molar-refractivity contribution < 1.29 is 0 Å². The van der Waals surface area contributed by atoms with E-state index in [1.165, 1.54) is 37.1 Å². The zero-order valence-corrected chi connectivity index (χ0v) is 19.0. The SMILES string of the molecule is C[C@H](Sc1nnc(C2CC2)n1C1CC1)c1nc2cc(Cl)ccc2n1Cc1ccccc1. The second kappa shape index (κ2) is 7.68. The molecule has 0 N–H and O–H groups in total. The van der Waals surface area contributed by atoms with Crippen molar-refractivity contribution in [2.75, 3.05) is 0 Å². The first-order valence-electron chi connectivity index (χ1n) is 11.0. The van der Waals surface area contributed by atoms with Gasteiger partial charge in [0.25, 0.3) is 0 Å². The molecule has 0 amide bonds. The molecule has 5 nitrogen and oxygen atoms in total. The van der Waals surface area contributed by atoms with Crippen molar-refractivity contribution in [2.24, 2.45) is 0 Å². The van der Waals surface area contributed by atoms with Crippen LogP contribution < -0.4 is 0 Å². The molecule has 0 spiro atoms. The van der Waals surface area contributed by atoms with Gasteiger partial charge in [0.05, 0.1) is 16.3 Å². The van der Waals surface area contributed by atoms with E-state index in [4.69, 9.17) is 16.6 Å². The molecule has 0 unspecified atom stereocenters. The summed E-state index contributed by atoms with van der Waals surface area (Å²) in [6.45, 7) is 3.00. The van der Waals surface area contributed by atoms with E-state index in [9.17, 15) is 0 Å². The molecule has 2 aliphatic rings. The van der Waals surface area contributed by atoms with Gasteiger partial charge in [0.2, 0.25) is 0 Å². The van der Waals surface area contributed by atoms with Crippen LogP contribution in [0, 0.1) is 0 Å². The molecule has 2 fully saturated rings. The second-order valence-corrected chi connectivity index (χ2v) is 10.4. The van der Waals surface area contributed by atoms with Gasteiger partial charge >= 0.3 is 0 Å². The Balaban J connectivity index is 1.37. The lowest BCUT2D eigenvalue weighted by Crippen LogP contribution is -2.08. The Morgan fingerprint density at radius 3 is 2.61 bits per heavy atom. The van der Waals surface area contributed by atoms with Gasteiger partial charge in [0.15, 0.2) is 5.16 Å². The quantitative estimate of drug-likeness (QED) is 0.306. The van der Waals surface area contributed by atoms with Crippen molar-refractivity contribution in [3.05, 3.63) is 70.8 Å². The lowest BCUT2D eigenvalue weighted by Gasteiger charge is -2.15. The summed E-state index contributed by atoms with van der Waals surface area (Å²) in [5, 5.41) is 11.1. The highest BCUT2D eigenvalue weighted by Crippen LogP contribution is 2.47. The van der Waals surface area contributed by atoms with E-state index in [2.05, 4.69) is 62.7 Å². The number of imidazole rings is 1. The number of nitrogens with zero attached hydrogens (tertiary/aromatic N) is 5. The smallest absolute Gasteiger partial charge is 0.192 e. The van der Waals surface area contributed by atoms with Crippen molar-refractivity contribution in [3.63, 3.8) is 0 Å². The fourth-order valence-electron chi connectivity index (χ4n) is 4.24. The van der Waals surface area contributed by atoms with Gasteiger partial charge in [-0.05, 0) is 56.4 Å². The molecule has 2 saturated carbocycles. The van der Waals surface area contributed by atoms with Crippen molar-refractivity contribution in [2.45, 2.75) is 61.5 Å². The van der Waals surface area contributed by atoms with Crippen LogP contribution in [0.25, 0.3) is 11.0 Å². The number of rotatable bonds is 7. The maximum atomic E-state index is 6.27. The standard InChI is InChI=1S/C24H24ClN5S/c1-15(31-24-28-27-23(17-7-8-17)30(24)19-10-11-19)22-26-20-13-18(25)9-12-21(20)29(22)14-16-5-3-2-4-6-16/h2-6,9,12-13,15,17,19H,7-8,10-11,14H2,1H3/t15-/m0/s1. The second-order valence-electron chi connectivity index (χ2n) is 8.65. The third-order valence-corrected chi connectivity index (χ3v) is 7.40. The van der Waals surface area contributed by atoms with Crippen LogP contribution >= 0.6 is 23.4 Å². The highest BCUT2D eigenvalue weighted by molar-refractivity contribution is 7.99. The predicted octanol–water partition coefficient (Wildman–Crippen LogP) is 6.40. The third kappa shape index (κ3) is 3.76. The number of thioether (sulfide) groups is 1. The molecule has 7 heteroatoms. The van der Waals surface area contributed by atoms with Crippen molar-refractivity contribution in [1.29, 1.82) is 0 Å². The van der Waals surface area contributed by atoms with Crippen LogP contribution in [0.15, 0.2) is 53.7 Å². The van der Waals surface area contributed by atoms with E-state index >= 15 is 0 Å². The molecule has 1 atom stereocenters. The Bertz CT molecular complexity index is 1240. The Hall–Kier alpha value is -2.31. The van der Waals surface area contributed by atoms with Gasteiger partial charge in [0, 0.05) is 23.5 Å². The van der Waals surface area contributed by atoms with Gasteiger partial charge in [-0.25, -0.2) is 4.98 Å². The van der Waals surface area contributed by atoms with E-state index in [1.807, 2.05) is 12.1 Å². The molecule has 158 valence electrons. The van der Waals surface area contributed by atoms with Crippen molar-refractivity contribution in [3.8, 4) is 0 Å². The molecule has 2 aromatic carbocycles. The first-order valence-corrected chi connectivity index (χ1v) is 12.2. The molecule has 2 aromatic heterocycles. The first kappa shape index (κ1) is 19.4. The lowest BCUT2D eigenvalue weighted by atomic mass is 10.2. The average Bonchev–Trinajstić information content (AvgIpc) is 3.71. The van der Waals surface area contributed by atoms with Crippen LogP contribution in [-0.2, 0) is 6.54 Å². The van der Waals surface area contributed by atoms with Gasteiger partial charge in [-0.1, -0.05) is 53.7 Å². The Labute approximate surface area is 190 Å². The largest absolute Gasteiger partial charge is 0.323 e. The van der Waals surface area contributed by atoms with Crippen LogP contribution in [-0.4, -0.2) is 24.3 Å². The number of benzene rings is 2. The van der Waals surface area contributed by atoms with Crippen molar-refractivity contribution >= 4 is 34.4 Å². The topological polar surface area (TPSA) is 48.5 Å². The van der Waals surface area contributed by atoms with Crippen LogP contribution in [0.3, 0.4) is 0 Å². The minimum atomic E-state index is 0.142. The van der Waals surface area contributed by atoms with Gasteiger partial charge < -0.3 is 9.13 Å². The van der Waals surface area contributed by atoms with Crippen LogP contribution in [0.5, 0.6) is 0 Å². The molecular formula is C24H24ClN5S. The minimum absolute atomic E-state index is 0.142. The molecule has 4 aromatic rings. The predicted molar refractivity (Wildman–Crippen MR) is 125 cm³/mol. The summed E-state index contributed by atoms with van der Waals surface area (Å²) in [7, 11) is 0. The molecular weight excluding hydrogens is 426 g/mol. The van der Waals surface area contributed by atoms with Crippen molar-refractivity contribution in [1.82, 2.24) is 24.3 Å². The lowest BCUT2D eigenvalue weighted by molar-refractivity contribution is 0.625. The molecule has 0 saturated heterocycles. The summed E-state index contributed by atoms with van der Waals surface area (Å²) in [6, 6.07) is 17.1.